The summed E-state index contributed by atoms with van der Waals surface area (Å²) in [7, 11) is 1.67. The van der Waals surface area contributed by atoms with Crippen molar-refractivity contribution in [1.29, 1.82) is 0 Å². The number of nitrogens with zero attached hydrogens (tertiary/aromatic N) is 2. The van der Waals surface area contributed by atoms with Crippen LogP contribution in [0.5, 0.6) is 5.75 Å². The smallest absolute Gasteiger partial charge is 0.256 e. The van der Waals surface area contributed by atoms with E-state index in [1.807, 2.05) is 60.4 Å². The third-order valence-electron chi connectivity index (χ3n) is 6.28. The molecule has 160 valence electrons. The summed E-state index contributed by atoms with van der Waals surface area (Å²) in [6, 6.07) is 28.6. The van der Waals surface area contributed by atoms with Gasteiger partial charge in [0.2, 0.25) is 0 Å². The number of fused-ring (bicyclic) bond motifs is 1. The summed E-state index contributed by atoms with van der Waals surface area (Å²) in [5.74, 6) is 0.873. The molecule has 1 aromatic heterocycles. The fourth-order valence-electron chi connectivity index (χ4n) is 4.57. The van der Waals surface area contributed by atoms with Gasteiger partial charge in [0.25, 0.3) is 5.91 Å². The van der Waals surface area contributed by atoms with Crippen LogP contribution in [0.25, 0.3) is 16.9 Å². The Balaban J connectivity index is 1.59. The van der Waals surface area contributed by atoms with E-state index in [9.17, 15) is 4.79 Å². The van der Waals surface area contributed by atoms with Crippen molar-refractivity contribution in [3.8, 4) is 22.7 Å². The Kier molecular flexibility index (Phi) is 5.28. The second-order valence-electron chi connectivity index (χ2n) is 8.18. The number of ether oxygens (including phenoxy) is 1. The second-order valence-corrected chi connectivity index (χ2v) is 8.18. The van der Waals surface area contributed by atoms with Gasteiger partial charge in [-0.05, 0) is 54.8 Å². The van der Waals surface area contributed by atoms with Crippen molar-refractivity contribution in [2.75, 3.05) is 13.7 Å². The Bertz CT molecular complexity index is 1270. The molecule has 32 heavy (non-hydrogen) atoms. The van der Waals surface area contributed by atoms with E-state index < -0.39 is 0 Å². The van der Waals surface area contributed by atoms with Gasteiger partial charge in [0.15, 0.2) is 0 Å². The molecule has 4 heteroatoms. The van der Waals surface area contributed by atoms with Crippen LogP contribution >= 0.6 is 0 Å². The summed E-state index contributed by atoms with van der Waals surface area (Å²) in [5.41, 5.74) is 7.29. The first-order chi connectivity index (χ1) is 15.7. The molecule has 0 saturated carbocycles. The molecule has 0 spiro atoms. The van der Waals surface area contributed by atoms with E-state index in [-0.39, 0.29) is 5.91 Å². The van der Waals surface area contributed by atoms with Gasteiger partial charge >= 0.3 is 0 Å². The maximum Gasteiger partial charge on any atom is 0.256 e. The second kappa shape index (κ2) is 8.39. The number of hydrogen-bond acceptors (Lipinski definition) is 2. The Morgan fingerprint density at radius 2 is 1.62 bits per heavy atom. The van der Waals surface area contributed by atoms with Gasteiger partial charge in [0, 0.05) is 30.0 Å². The van der Waals surface area contributed by atoms with Crippen molar-refractivity contribution in [3.05, 3.63) is 107 Å². The normalized spacial score (nSPS) is 13.0. The summed E-state index contributed by atoms with van der Waals surface area (Å²) in [6.45, 7) is 3.42. The molecule has 1 aliphatic rings. The highest BCUT2D eigenvalue weighted by molar-refractivity contribution is 5.97. The molecule has 0 saturated heterocycles. The van der Waals surface area contributed by atoms with Crippen LogP contribution in [0.2, 0.25) is 0 Å². The number of para-hydroxylation sites is 1. The van der Waals surface area contributed by atoms with E-state index >= 15 is 0 Å². The van der Waals surface area contributed by atoms with Crippen LogP contribution in [0.3, 0.4) is 0 Å². The van der Waals surface area contributed by atoms with Crippen LogP contribution in [0.4, 0.5) is 0 Å². The van der Waals surface area contributed by atoms with Gasteiger partial charge < -0.3 is 14.2 Å². The van der Waals surface area contributed by atoms with Gasteiger partial charge in [-0.15, -0.1) is 0 Å². The van der Waals surface area contributed by atoms with Crippen LogP contribution in [-0.4, -0.2) is 29.0 Å². The molecule has 4 aromatic rings. The fraction of sp³-hybridized carbons (Fsp3) is 0.179. The number of amides is 1. The monoisotopic (exact) mass is 422 g/mol. The Hall–Kier alpha value is -3.79. The molecule has 3 aromatic carbocycles. The van der Waals surface area contributed by atoms with E-state index in [2.05, 4.69) is 41.0 Å². The van der Waals surface area contributed by atoms with Gasteiger partial charge in [0.05, 0.1) is 18.4 Å². The Morgan fingerprint density at radius 1 is 0.875 bits per heavy atom. The number of carbonyl (C=O) groups is 1. The largest absolute Gasteiger partial charge is 0.497 e. The highest BCUT2D eigenvalue weighted by atomic mass is 16.5. The minimum absolute atomic E-state index is 0.0795. The van der Waals surface area contributed by atoms with Gasteiger partial charge in [-0.1, -0.05) is 54.6 Å². The van der Waals surface area contributed by atoms with E-state index in [4.69, 9.17) is 4.74 Å². The number of carbonyl (C=O) groups excluding carboxylic acids is 1. The van der Waals surface area contributed by atoms with Gasteiger partial charge in [-0.3, -0.25) is 4.79 Å². The van der Waals surface area contributed by atoms with Crippen LogP contribution in [-0.2, 0) is 13.0 Å². The molecular weight excluding hydrogens is 396 g/mol. The molecule has 0 aliphatic carbocycles. The molecule has 4 nitrogen and oxygen atoms in total. The van der Waals surface area contributed by atoms with E-state index in [1.54, 1.807) is 7.11 Å². The predicted octanol–water partition coefficient (Wildman–Crippen LogP) is 5.66. The number of methoxy groups -OCH3 is 1. The summed E-state index contributed by atoms with van der Waals surface area (Å²) in [4.78, 5) is 15.6. The van der Waals surface area contributed by atoms with Crippen LogP contribution in [0.15, 0.2) is 84.9 Å². The highest BCUT2D eigenvalue weighted by Gasteiger charge is 2.26. The first-order valence-electron chi connectivity index (χ1n) is 10.9. The van der Waals surface area contributed by atoms with Crippen molar-refractivity contribution >= 4 is 5.91 Å². The zero-order chi connectivity index (χ0) is 22.1. The molecule has 0 fully saturated rings. The van der Waals surface area contributed by atoms with Gasteiger partial charge in [-0.2, -0.15) is 0 Å². The lowest BCUT2D eigenvalue weighted by Gasteiger charge is -2.29. The Morgan fingerprint density at radius 3 is 2.41 bits per heavy atom. The lowest BCUT2D eigenvalue weighted by molar-refractivity contribution is 0.0734. The average Bonchev–Trinajstić information content (AvgIpc) is 3.20. The summed E-state index contributed by atoms with van der Waals surface area (Å²) >= 11 is 0. The maximum atomic E-state index is 13.7. The number of benzene rings is 3. The lowest BCUT2D eigenvalue weighted by atomic mass is 9.99. The minimum Gasteiger partial charge on any atom is -0.497 e. The standard InChI is InChI=1S/C28H26N2O2/c1-20-26(28(31)29-16-15-21-9-6-7-10-23(21)19-29)18-27(22-11-8-14-25(17-22)32-2)30(20)24-12-4-3-5-13-24/h3-14,17-18H,15-16,19H2,1-2H3. The van der Waals surface area contributed by atoms with Crippen molar-refractivity contribution in [1.82, 2.24) is 9.47 Å². The predicted molar refractivity (Wildman–Crippen MR) is 127 cm³/mol. The quantitative estimate of drug-likeness (QED) is 0.425. The number of rotatable bonds is 4. The van der Waals surface area contributed by atoms with Crippen molar-refractivity contribution < 1.29 is 9.53 Å². The SMILES string of the molecule is COc1cccc(-c2cc(C(=O)N3CCc4ccccc4C3)c(C)n2-c2ccccc2)c1. The Labute approximate surface area is 188 Å². The van der Waals surface area contributed by atoms with Crippen molar-refractivity contribution in [3.63, 3.8) is 0 Å². The fourth-order valence-corrected chi connectivity index (χ4v) is 4.57. The van der Waals surface area contributed by atoms with Crippen LogP contribution < -0.4 is 4.74 Å². The molecule has 0 bridgehead atoms. The van der Waals surface area contributed by atoms with Crippen molar-refractivity contribution in [2.45, 2.75) is 19.9 Å². The first-order valence-corrected chi connectivity index (χ1v) is 10.9. The maximum absolute atomic E-state index is 13.7. The zero-order valence-corrected chi connectivity index (χ0v) is 18.4. The molecule has 1 amide bonds. The van der Waals surface area contributed by atoms with Gasteiger partial charge in [0.1, 0.15) is 5.75 Å². The molecule has 0 N–H and O–H groups in total. The topological polar surface area (TPSA) is 34.5 Å². The summed E-state index contributed by atoms with van der Waals surface area (Å²) in [5, 5.41) is 0. The third-order valence-corrected chi connectivity index (χ3v) is 6.28. The molecule has 5 rings (SSSR count). The molecule has 0 radical (unpaired) electrons. The minimum atomic E-state index is 0.0795. The first kappa shape index (κ1) is 20.1. The number of hydrogen-bond donors (Lipinski definition) is 0. The zero-order valence-electron chi connectivity index (χ0n) is 18.4. The average molecular weight is 423 g/mol. The van der Waals surface area contributed by atoms with Crippen LogP contribution in [0.1, 0.15) is 27.2 Å². The van der Waals surface area contributed by atoms with Crippen molar-refractivity contribution in [2.24, 2.45) is 0 Å². The van der Waals surface area contributed by atoms with Gasteiger partial charge in [-0.25, -0.2) is 0 Å². The third kappa shape index (κ3) is 3.58. The molecule has 2 heterocycles. The summed E-state index contributed by atoms with van der Waals surface area (Å²) < 4.78 is 7.62. The van der Waals surface area contributed by atoms with Crippen LogP contribution in [0, 0.1) is 6.92 Å². The van der Waals surface area contributed by atoms with E-state index in [0.717, 1.165) is 46.9 Å². The molecule has 1 aliphatic heterocycles. The highest BCUT2D eigenvalue weighted by Crippen LogP contribution is 2.32. The summed E-state index contributed by atoms with van der Waals surface area (Å²) in [6.07, 6.45) is 0.892. The molecule has 0 unspecified atom stereocenters. The molecular formula is C28H26N2O2. The molecule has 0 atom stereocenters. The van der Waals surface area contributed by atoms with E-state index in [1.165, 1.54) is 11.1 Å². The number of aromatic nitrogens is 1. The lowest BCUT2D eigenvalue weighted by Crippen LogP contribution is -2.36. The van der Waals surface area contributed by atoms with E-state index in [0.29, 0.717) is 6.54 Å².